The van der Waals surface area contributed by atoms with Crippen LogP contribution in [0.25, 0.3) is 5.57 Å². The largest absolute Gasteiger partial charge is 0.416 e. The maximum absolute atomic E-state index is 15.4. The van der Waals surface area contributed by atoms with Gasteiger partial charge < -0.3 is 14.3 Å². The van der Waals surface area contributed by atoms with Crippen LogP contribution in [0.3, 0.4) is 0 Å². The molecular weight excluding hydrogens is 574 g/mol. The summed E-state index contributed by atoms with van der Waals surface area (Å²) in [5.41, 5.74) is 3.70. The van der Waals surface area contributed by atoms with Crippen molar-refractivity contribution in [1.29, 1.82) is 0 Å². The van der Waals surface area contributed by atoms with Gasteiger partial charge in [0, 0.05) is 28.1 Å². The van der Waals surface area contributed by atoms with Crippen LogP contribution in [0.5, 0.6) is 0 Å². The topological polar surface area (TPSA) is 51.6 Å². The summed E-state index contributed by atoms with van der Waals surface area (Å²) in [6.07, 6.45) is 1.26. The number of rotatable bonds is 6. The van der Waals surface area contributed by atoms with E-state index in [2.05, 4.69) is 33.9 Å². The Kier molecular flexibility index (Phi) is 8.55. The molecule has 1 aliphatic heterocycles. The number of hydrogen-bond donors (Lipinski definition) is 1. The molecule has 2 aromatic rings. The van der Waals surface area contributed by atoms with Crippen LogP contribution in [0.2, 0.25) is 18.1 Å². The van der Waals surface area contributed by atoms with E-state index < -0.39 is 32.0 Å². The van der Waals surface area contributed by atoms with Gasteiger partial charge in [-0.2, -0.15) is 13.2 Å². The van der Waals surface area contributed by atoms with Gasteiger partial charge in [0.1, 0.15) is 11.9 Å². The van der Waals surface area contributed by atoms with Crippen LogP contribution in [-0.4, -0.2) is 31.6 Å². The Hall–Kier alpha value is -2.07. The fourth-order valence-corrected chi connectivity index (χ4v) is 7.94. The zero-order chi connectivity index (χ0) is 31.5. The van der Waals surface area contributed by atoms with E-state index in [4.69, 9.17) is 14.1 Å². The smallest absolute Gasteiger partial charge is 0.410 e. The molecule has 2 heterocycles. The Balaban J connectivity index is 1.78. The minimum Gasteiger partial charge on any atom is -0.410 e. The summed E-state index contributed by atoms with van der Waals surface area (Å²) in [5.74, 6) is -1.21. The lowest BCUT2D eigenvalue weighted by Crippen LogP contribution is -2.46. The number of ether oxygens (including phenoxy) is 1. The Morgan fingerprint density at radius 2 is 1.84 bits per heavy atom. The monoisotopic (exact) mass is 619 g/mol. The summed E-state index contributed by atoms with van der Waals surface area (Å²) in [5, 5.41) is 11.9. The van der Waals surface area contributed by atoms with Gasteiger partial charge in [-0.3, -0.25) is 4.98 Å². The number of benzene rings is 1. The molecule has 3 aliphatic rings. The molecule has 5 rings (SSSR count). The van der Waals surface area contributed by atoms with E-state index in [0.29, 0.717) is 37.0 Å². The van der Waals surface area contributed by atoms with Crippen molar-refractivity contribution in [2.75, 3.05) is 13.2 Å². The van der Waals surface area contributed by atoms with Gasteiger partial charge >= 0.3 is 6.18 Å². The highest BCUT2D eigenvalue weighted by Gasteiger charge is 2.49. The molecule has 9 heteroatoms. The predicted octanol–water partition coefficient (Wildman–Crippen LogP) is 9.43. The van der Waals surface area contributed by atoms with Gasteiger partial charge in [0.15, 0.2) is 8.32 Å². The van der Waals surface area contributed by atoms with Crippen LogP contribution in [0, 0.1) is 11.2 Å². The van der Waals surface area contributed by atoms with E-state index in [1.165, 1.54) is 6.42 Å². The summed E-state index contributed by atoms with van der Waals surface area (Å²) in [6, 6.07) is 2.36. The quantitative estimate of drug-likeness (QED) is 0.259. The number of fused-ring (bicyclic) bond motifs is 1. The molecule has 1 fully saturated rings. The highest BCUT2D eigenvalue weighted by molar-refractivity contribution is 6.74. The average Bonchev–Trinajstić information content (AvgIpc) is 2.89. The van der Waals surface area contributed by atoms with Crippen LogP contribution >= 0.6 is 0 Å². The van der Waals surface area contributed by atoms with E-state index in [9.17, 15) is 18.3 Å². The van der Waals surface area contributed by atoms with Crippen molar-refractivity contribution in [3.05, 3.63) is 69.3 Å². The molecule has 0 saturated heterocycles. The molecule has 0 bridgehead atoms. The third-order valence-corrected chi connectivity index (χ3v) is 14.7. The molecule has 0 radical (unpaired) electrons. The minimum absolute atomic E-state index is 0.0352. The van der Waals surface area contributed by atoms with Crippen molar-refractivity contribution < 1.29 is 31.8 Å². The molecule has 236 valence electrons. The van der Waals surface area contributed by atoms with Crippen molar-refractivity contribution >= 4 is 13.9 Å². The second kappa shape index (κ2) is 11.4. The number of aliphatic hydroxyl groups excluding tert-OH is 1. The molecule has 4 nitrogen and oxygen atoms in total. The Morgan fingerprint density at radius 3 is 2.35 bits per heavy atom. The SMILES string of the molecule is CC(C)c1nc2c(c(C3=CCOCC3)c1[C@H](O)c1ccc(C(F)(F)F)cc1F)[C@@H](O[Si](C)(C)C(C)(C)C)CC1(CCC1)C2. The van der Waals surface area contributed by atoms with Crippen LogP contribution in [-0.2, 0) is 21.8 Å². The van der Waals surface area contributed by atoms with Crippen molar-refractivity contribution in [2.24, 2.45) is 5.41 Å². The van der Waals surface area contributed by atoms with E-state index >= 15 is 4.39 Å². The first-order valence-corrected chi connectivity index (χ1v) is 18.4. The van der Waals surface area contributed by atoms with Crippen LogP contribution < -0.4 is 0 Å². The Bertz CT molecular complexity index is 1410. The van der Waals surface area contributed by atoms with Crippen molar-refractivity contribution in [2.45, 2.75) is 116 Å². The summed E-state index contributed by atoms with van der Waals surface area (Å²) < 4.78 is 68.4. The summed E-state index contributed by atoms with van der Waals surface area (Å²) in [7, 11) is -2.26. The zero-order valence-corrected chi connectivity index (χ0v) is 27.4. The summed E-state index contributed by atoms with van der Waals surface area (Å²) >= 11 is 0. The molecule has 2 atom stereocenters. The standard InChI is InChI=1S/C34H45F4NO3Si/c1-20(2)30-29(31(40)23-10-9-22(17-24(23)35)34(36,37)38)27(21-11-15-41-16-12-21)28-25(39-30)18-33(13-8-14-33)19-26(28)42-43(6,7)32(3,4)5/h9-11,17,20,26,31,40H,8,12-16,18-19H2,1-7H3/t26-,31+/m0/s1. The lowest BCUT2D eigenvalue weighted by atomic mass is 9.59. The molecule has 0 unspecified atom stereocenters. The molecule has 1 aromatic heterocycles. The molecular formula is C34H45F4NO3Si. The molecule has 2 aliphatic carbocycles. The van der Waals surface area contributed by atoms with Gasteiger partial charge in [-0.1, -0.05) is 53.2 Å². The molecule has 1 aromatic carbocycles. The number of aromatic nitrogens is 1. The van der Waals surface area contributed by atoms with Crippen molar-refractivity contribution in [1.82, 2.24) is 4.98 Å². The molecule has 1 spiro atoms. The number of hydrogen-bond acceptors (Lipinski definition) is 4. The third kappa shape index (κ3) is 6.11. The van der Waals surface area contributed by atoms with Gasteiger partial charge in [0.2, 0.25) is 0 Å². The number of aliphatic hydroxyl groups is 1. The molecule has 1 saturated carbocycles. The molecule has 43 heavy (non-hydrogen) atoms. The highest BCUT2D eigenvalue weighted by atomic mass is 28.4. The maximum Gasteiger partial charge on any atom is 0.416 e. The Labute approximate surface area is 254 Å². The van der Waals surface area contributed by atoms with Crippen molar-refractivity contribution in [3.63, 3.8) is 0 Å². The second-order valence-electron chi connectivity index (χ2n) is 14.6. The van der Waals surface area contributed by atoms with E-state index in [-0.39, 0.29) is 28.0 Å². The number of alkyl halides is 3. The summed E-state index contributed by atoms with van der Waals surface area (Å²) in [4.78, 5) is 5.24. The highest BCUT2D eigenvalue weighted by Crippen LogP contribution is 2.57. The van der Waals surface area contributed by atoms with E-state index in [1.54, 1.807) is 0 Å². The van der Waals surface area contributed by atoms with Gasteiger partial charge in [0.05, 0.1) is 24.9 Å². The van der Waals surface area contributed by atoms with Gasteiger partial charge in [0.25, 0.3) is 0 Å². The number of halogens is 4. The van der Waals surface area contributed by atoms with Gasteiger partial charge in [-0.05, 0) is 84.8 Å². The first-order valence-electron chi connectivity index (χ1n) is 15.5. The second-order valence-corrected chi connectivity index (χ2v) is 19.3. The van der Waals surface area contributed by atoms with Gasteiger partial charge in [-0.15, -0.1) is 0 Å². The maximum atomic E-state index is 15.4. The fraction of sp³-hybridized carbons (Fsp3) is 0.618. The molecule has 0 amide bonds. The lowest BCUT2D eigenvalue weighted by molar-refractivity contribution is -0.137. The minimum atomic E-state index is -4.69. The van der Waals surface area contributed by atoms with E-state index in [0.717, 1.165) is 60.2 Å². The summed E-state index contributed by atoms with van der Waals surface area (Å²) in [6.45, 7) is 16.0. The van der Waals surface area contributed by atoms with Crippen LogP contribution in [0.1, 0.15) is 124 Å². The predicted molar refractivity (Wildman–Crippen MR) is 163 cm³/mol. The Morgan fingerprint density at radius 1 is 1.14 bits per heavy atom. The normalized spacial score (nSPS) is 21.4. The zero-order valence-electron chi connectivity index (χ0n) is 26.4. The molecule has 1 N–H and O–H groups in total. The first kappa shape index (κ1) is 32.3. The first-order chi connectivity index (χ1) is 19.9. The van der Waals surface area contributed by atoms with Crippen LogP contribution in [0.15, 0.2) is 24.3 Å². The van der Waals surface area contributed by atoms with Gasteiger partial charge in [-0.25, -0.2) is 4.39 Å². The number of pyridine rings is 1. The van der Waals surface area contributed by atoms with Crippen molar-refractivity contribution in [3.8, 4) is 0 Å². The van der Waals surface area contributed by atoms with Crippen LogP contribution in [0.4, 0.5) is 17.6 Å². The number of nitrogens with zero attached hydrogens (tertiary/aromatic N) is 1. The van der Waals surface area contributed by atoms with E-state index in [1.807, 2.05) is 19.9 Å². The average molecular weight is 620 g/mol. The lowest BCUT2D eigenvalue weighted by Gasteiger charge is -2.51. The third-order valence-electron chi connectivity index (χ3n) is 10.2. The fourth-order valence-electron chi connectivity index (χ4n) is 6.68.